The molecule has 0 unspecified atom stereocenters. The molecule has 0 aromatic heterocycles. The Labute approximate surface area is 80.6 Å². The van der Waals surface area contributed by atoms with Crippen molar-refractivity contribution in [3.63, 3.8) is 0 Å². The Morgan fingerprint density at radius 2 is 1.85 bits per heavy atom. The highest BCUT2D eigenvalue weighted by Gasteiger charge is 2.44. The van der Waals surface area contributed by atoms with Gasteiger partial charge in [0.1, 0.15) is 0 Å². The van der Waals surface area contributed by atoms with Gasteiger partial charge in [0.15, 0.2) is 5.79 Å². The summed E-state index contributed by atoms with van der Waals surface area (Å²) in [5, 5.41) is 0. The fraction of sp³-hybridized carbons (Fsp3) is 1.00. The van der Waals surface area contributed by atoms with Crippen LogP contribution in [0.1, 0.15) is 46.0 Å². The van der Waals surface area contributed by atoms with E-state index in [1.165, 1.54) is 25.7 Å². The zero-order valence-corrected chi connectivity index (χ0v) is 8.77. The van der Waals surface area contributed by atoms with Crippen LogP contribution < -0.4 is 0 Å². The van der Waals surface area contributed by atoms with E-state index in [0.717, 1.165) is 19.6 Å². The van der Waals surface area contributed by atoms with Gasteiger partial charge in [-0.1, -0.05) is 13.3 Å². The Balaban J connectivity index is 2.08. The van der Waals surface area contributed by atoms with Gasteiger partial charge < -0.3 is 9.47 Å². The Hall–Kier alpha value is -0.0800. The minimum atomic E-state index is -0.256. The molecule has 0 atom stereocenters. The first kappa shape index (κ1) is 9.47. The van der Waals surface area contributed by atoms with Crippen LogP contribution in [0.2, 0.25) is 0 Å². The molecule has 76 valence electrons. The zero-order chi connectivity index (χ0) is 9.36. The quantitative estimate of drug-likeness (QED) is 0.657. The Morgan fingerprint density at radius 1 is 1.15 bits per heavy atom. The number of hydrogen-bond donors (Lipinski definition) is 0. The maximum atomic E-state index is 5.82. The molecule has 3 fully saturated rings. The molecular formula is C11H20O2. The molecule has 2 heteroatoms. The molecular weight excluding hydrogens is 164 g/mol. The lowest BCUT2D eigenvalue weighted by Crippen LogP contribution is -2.44. The van der Waals surface area contributed by atoms with E-state index in [1.54, 1.807) is 0 Å². The van der Waals surface area contributed by atoms with Crippen LogP contribution in [-0.2, 0) is 9.47 Å². The van der Waals surface area contributed by atoms with Crippen LogP contribution in [0.25, 0.3) is 0 Å². The average molecular weight is 184 g/mol. The molecule has 0 saturated carbocycles. The van der Waals surface area contributed by atoms with Crippen molar-refractivity contribution in [1.82, 2.24) is 0 Å². The van der Waals surface area contributed by atoms with Crippen LogP contribution in [0, 0.1) is 5.41 Å². The molecule has 3 saturated heterocycles. The fourth-order valence-corrected chi connectivity index (χ4v) is 2.57. The number of rotatable bonds is 2. The van der Waals surface area contributed by atoms with Crippen molar-refractivity contribution < 1.29 is 9.47 Å². The predicted molar refractivity (Wildman–Crippen MR) is 51.5 cm³/mol. The van der Waals surface area contributed by atoms with E-state index in [2.05, 4.69) is 13.8 Å². The van der Waals surface area contributed by atoms with Gasteiger partial charge in [0.2, 0.25) is 0 Å². The monoisotopic (exact) mass is 184 g/mol. The minimum Gasteiger partial charge on any atom is -0.350 e. The van der Waals surface area contributed by atoms with Crippen LogP contribution in [0.4, 0.5) is 0 Å². The van der Waals surface area contributed by atoms with Crippen molar-refractivity contribution in [3.8, 4) is 0 Å². The number of ether oxygens (including phenoxy) is 2. The SMILES string of the molecule is CCCC12CCCC(C)(OC1)OC2. The second kappa shape index (κ2) is 3.25. The molecule has 0 aliphatic carbocycles. The summed E-state index contributed by atoms with van der Waals surface area (Å²) in [5.41, 5.74) is 0.352. The summed E-state index contributed by atoms with van der Waals surface area (Å²) in [6, 6.07) is 0. The molecule has 3 rings (SSSR count). The lowest BCUT2D eigenvalue weighted by Gasteiger charge is -2.41. The molecule has 3 aliphatic rings. The maximum Gasteiger partial charge on any atom is 0.165 e. The third kappa shape index (κ3) is 1.75. The van der Waals surface area contributed by atoms with Crippen molar-refractivity contribution in [2.75, 3.05) is 13.2 Å². The van der Waals surface area contributed by atoms with E-state index >= 15 is 0 Å². The van der Waals surface area contributed by atoms with Gasteiger partial charge in [-0.3, -0.25) is 0 Å². The Kier molecular flexibility index (Phi) is 2.37. The van der Waals surface area contributed by atoms with Crippen LogP contribution in [-0.4, -0.2) is 19.0 Å². The molecule has 0 aromatic rings. The first-order chi connectivity index (χ1) is 6.18. The van der Waals surface area contributed by atoms with E-state index in [0.29, 0.717) is 5.41 Å². The molecule has 0 aromatic carbocycles. The van der Waals surface area contributed by atoms with Crippen LogP contribution >= 0.6 is 0 Å². The molecule has 13 heavy (non-hydrogen) atoms. The normalized spacial score (nSPS) is 44.8. The van der Waals surface area contributed by atoms with Gasteiger partial charge in [0.05, 0.1) is 13.2 Å². The highest BCUT2D eigenvalue weighted by molar-refractivity contribution is 4.88. The minimum absolute atomic E-state index is 0.256. The number of hydrogen-bond acceptors (Lipinski definition) is 2. The van der Waals surface area contributed by atoms with E-state index < -0.39 is 0 Å². The summed E-state index contributed by atoms with van der Waals surface area (Å²) in [6.45, 7) is 6.15. The summed E-state index contributed by atoms with van der Waals surface area (Å²) in [5.74, 6) is -0.256. The van der Waals surface area contributed by atoms with Crippen molar-refractivity contribution in [1.29, 1.82) is 0 Å². The van der Waals surface area contributed by atoms with E-state index in [1.807, 2.05) is 0 Å². The second-order valence-electron chi connectivity index (χ2n) is 4.81. The van der Waals surface area contributed by atoms with Crippen molar-refractivity contribution in [3.05, 3.63) is 0 Å². The largest absolute Gasteiger partial charge is 0.350 e. The molecule has 3 heterocycles. The molecule has 3 aliphatic heterocycles. The van der Waals surface area contributed by atoms with Gasteiger partial charge in [-0.2, -0.15) is 0 Å². The standard InChI is InChI=1S/C11H20O2/c1-3-5-11-7-4-6-10(2,12-8-11)13-9-11/h3-9H2,1-2H3. The summed E-state index contributed by atoms with van der Waals surface area (Å²) < 4.78 is 11.6. The van der Waals surface area contributed by atoms with Crippen LogP contribution in [0.3, 0.4) is 0 Å². The topological polar surface area (TPSA) is 18.5 Å². The first-order valence-corrected chi connectivity index (χ1v) is 5.46. The van der Waals surface area contributed by atoms with Gasteiger partial charge >= 0.3 is 0 Å². The highest BCUT2D eigenvalue weighted by Crippen LogP contribution is 2.43. The molecule has 0 spiro atoms. The molecule has 2 nitrogen and oxygen atoms in total. The Bertz CT molecular complexity index is 181. The van der Waals surface area contributed by atoms with E-state index in [-0.39, 0.29) is 5.79 Å². The van der Waals surface area contributed by atoms with Gasteiger partial charge in [-0.05, 0) is 26.2 Å². The highest BCUT2D eigenvalue weighted by atomic mass is 16.7. The molecule has 0 N–H and O–H groups in total. The molecule has 0 radical (unpaired) electrons. The fourth-order valence-electron chi connectivity index (χ4n) is 2.57. The maximum absolute atomic E-state index is 5.82. The summed E-state index contributed by atoms with van der Waals surface area (Å²) in [7, 11) is 0. The lowest BCUT2D eigenvalue weighted by atomic mass is 9.81. The lowest BCUT2D eigenvalue weighted by molar-refractivity contribution is -0.285. The molecule has 2 bridgehead atoms. The van der Waals surface area contributed by atoms with Crippen LogP contribution in [0.5, 0.6) is 0 Å². The first-order valence-electron chi connectivity index (χ1n) is 5.46. The summed E-state index contributed by atoms with van der Waals surface area (Å²) in [4.78, 5) is 0. The van der Waals surface area contributed by atoms with Gasteiger partial charge in [0, 0.05) is 11.8 Å². The summed E-state index contributed by atoms with van der Waals surface area (Å²) in [6.07, 6.45) is 6.11. The van der Waals surface area contributed by atoms with Crippen molar-refractivity contribution in [2.45, 2.75) is 51.7 Å². The summed E-state index contributed by atoms with van der Waals surface area (Å²) >= 11 is 0. The van der Waals surface area contributed by atoms with Gasteiger partial charge in [0.25, 0.3) is 0 Å². The van der Waals surface area contributed by atoms with Gasteiger partial charge in [-0.15, -0.1) is 0 Å². The van der Waals surface area contributed by atoms with Crippen LogP contribution in [0.15, 0.2) is 0 Å². The van der Waals surface area contributed by atoms with E-state index in [9.17, 15) is 0 Å². The predicted octanol–water partition coefficient (Wildman–Crippen LogP) is 2.72. The van der Waals surface area contributed by atoms with Crippen molar-refractivity contribution >= 4 is 0 Å². The van der Waals surface area contributed by atoms with Gasteiger partial charge in [-0.25, -0.2) is 0 Å². The van der Waals surface area contributed by atoms with Crippen molar-refractivity contribution in [2.24, 2.45) is 5.41 Å². The third-order valence-electron chi connectivity index (χ3n) is 3.49. The Morgan fingerprint density at radius 3 is 2.46 bits per heavy atom. The number of fused-ring (bicyclic) bond motifs is 4. The second-order valence-corrected chi connectivity index (χ2v) is 4.81. The molecule has 0 amide bonds. The average Bonchev–Trinajstić information content (AvgIpc) is 2.35. The zero-order valence-electron chi connectivity index (χ0n) is 8.77. The third-order valence-corrected chi connectivity index (χ3v) is 3.49. The van der Waals surface area contributed by atoms with E-state index in [4.69, 9.17) is 9.47 Å². The smallest absolute Gasteiger partial charge is 0.165 e.